The molecule has 0 aliphatic carbocycles. The summed E-state index contributed by atoms with van der Waals surface area (Å²) in [5.74, 6) is 3.88. The predicted molar refractivity (Wildman–Crippen MR) is 85.9 cm³/mol. The van der Waals surface area contributed by atoms with Crippen LogP contribution in [0.1, 0.15) is 26.7 Å². The number of rotatable bonds is 5. The van der Waals surface area contributed by atoms with Crippen molar-refractivity contribution in [2.24, 2.45) is 0 Å². The molecule has 94 valence electrons. The highest BCUT2D eigenvalue weighted by Gasteiger charge is 2.14. The van der Waals surface area contributed by atoms with Crippen molar-refractivity contribution < 1.29 is 0 Å². The molecule has 1 nitrogen and oxygen atoms in total. The summed E-state index contributed by atoms with van der Waals surface area (Å²) in [5, 5.41) is 0. The topological polar surface area (TPSA) is 3.24 Å². The Morgan fingerprint density at radius 1 is 1.31 bits per heavy atom. The van der Waals surface area contributed by atoms with Gasteiger partial charge >= 0.3 is 0 Å². The van der Waals surface area contributed by atoms with Gasteiger partial charge < -0.3 is 4.90 Å². The fraction of sp³-hybridized carbons (Fsp3) is 0.909. The third kappa shape index (κ3) is 5.52. The fourth-order valence-electron chi connectivity index (χ4n) is 1.52. The van der Waals surface area contributed by atoms with E-state index >= 15 is 0 Å². The molecular weight excluding hydrogens is 274 g/mol. The average molecular weight is 296 g/mol. The Hall–Kier alpha value is 0.940. The largest absolute Gasteiger partial charge is 0.358 e. The number of hydrogen-bond donors (Lipinski definition) is 0. The molecule has 1 fully saturated rings. The van der Waals surface area contributed by atoms with Crippen molar-refractivity contribution in [3.8, 4) is 0 Å². The Labute approximate surface area is 118 Å². The van der Waals surface area contributed by atoms with Gasteiger partial charge in [0.15, 0.2) is 0 Å². The molecule has 1 saturated heterocycles. The van der Waals surface area contributed by atoms with E-state index < -0.39 is 0 Å². The van der Waals surface area contributed by atoms with E-state index in [-0.39, 0.29) is 0 Å². The maximum Gasteiger partial charge on any atom is 0.136 e. The van der Waals surface area contributed by atoms with Gasteiger partial charge in [-0.25, -0.2) is 0 Å². The lowest BCUT2D eigenvalue weighted by Gasteiger charge is -2.23. The molecule has 1 aliphatic heterocycles. The van der Waals surface area contributed by atoms with Gasteiger partial charge in [0.05, 0.1) is 4.58 Å². The van der Waals surface area contributed by atoms with Crippen molar-refractivity contribution in [3.63, 3.8) is 0 Å². The predicted octanol–water partition coefficient (Wildman–Crippen LogP) is 3.93. The number of hydrogen-bond acceptors (Lipinski definition) is 4. The second kappa shape index (κ2) is 8.95. The zero-order chi connectivity index (χ0) is 11.8. The standard InChI is InChI=1S/C11H21NS4/c1-3-12(4-2)11(13)16-9-6-10-14-7-5-8-15-10/h10H,3-9H2,1-2H3. The van der Waals surface area contributed by atoms with E-state index in [1.54, 1.807) is 0 Å². The zero-order valence-electron chi connectivity index (χ0n) is 10.1. The van der Waals surface area contributed by atoms with Crippen LogP contribution in [-0.2, 0) is 0 Å². The van der Waals surface area contributed by atoms with Crippen molar-refractivity contribution in [2.75, 3.05) is 30.3 Å². The van der Waals surface area contributed by atoms with Crippen molar-refractivity contribution in [3.05, 3.63) is 0 Å². The summed E-state index contributed by atoms with van der Waals surface area (Å²) in [6.07, 6.45) is 2.68. The highest BCUT2D eigenvalue weighted by Crippen LogP contribution is 2.33. The van der Waals surface area contributed by atoms with Gasteiger partial charge in [0.1, 0.15) is 4.32 Å². The molecule has 0 bridgehead atoms. The number of thiocarbonyl (C=S) groups is 1. The van der Waals surface area contributed by atoms with E-state index in [1.807, 2.05) is 11.8 Å². The number of nitrogens with zero attached hydrogens (tertiary/aromatic N) is 1. The second-order valence-corrected chi connectivity index (χ2v) is 8.25. The Bertz CT molecular complexity index is 200. The van der Waals surface area contributed by atoms with Gasteiger partial charge in [-0.05, 0) is 38.2 Å². The van der Waals surface area contributed by atoms with Crippen molar-refractivity contribution in [2.45, 2.75) is 31.3 Å². The van der Waals surface area contributed by atoms with Gasteiger partial charge in [0.25, 0.3) is 0 Å². The van der Waals surface area contributed by atoms with Crippen LogP contribution in [0.25, 0.3) is 0 Å². The summed E-state index contributed by atoms with van der Waals surface area (Å²) in [6.45, 7) is 6.41. The second-order valence-electron chi connectivity index (χ2n) is 3.60. The summed E-state index contributed by atoms with van der Waals surface area (Å²) in [5.41, 5.74) is 0. The van der Waals surface area contributed by atoms with Crippen LogP contribution in [0.4, 0.5) is 0 Å². The Kier molecular flexibility index (Phi) is 8.39. The maximum atomic E-state index is 5.42. The third-order valence-electron chi connectivity index (χ3n) is 2.50. The molecule has 0 spiro atoms. The Morgan fingerprint density at radius 2 is 1.94 bits per heavy atom. The fourth-order valence-corrected chi connectivity index (χ4v) is 6.16. The lowest BCUT2D eigenvalue weighted by molar-refractivity contribution is 0.482. The van der Waals surface area contributed by atoms with Crippen LogP contribution in [0.2, 0.25) is 0 Å². The van der Waals surface area contributed by atoms with Gasteiger partial charge in [-0.1, -0.05) is 24.0 Å². The molecule has 0 aromatic rings. The molecular formula is C11H21NS4. The lowest BCUT2D eigenvalue weighted by atomic mass is 10.5. The first-order valence-corrected chi connectivity index (χ1v) is 9.42. The van der Waals surface area contributed by atoms with Crippen LogP contribution in [0.15, 0.2) is 0 Å². The van der Waals surface area contributed by atoms with Crippen LogP contribution >= 0.6 is 47.5 Å². The molecule has 1 aliphatic rings. The quantitative estimate of drug-likeness (QED) is 0.705. The smallest absolute Gasteiger partial charge is 0.136 e. The lowest BCUT2D eigenvalue weighted by Crippen LogP contribution is -2.27. The van der Waals surface area contributed by atoms with Gasteiger partial charge in [0.2, 0.25) is 0 Å². The highest BCUT2D eigenvalue weighted by molar-refractivity contribution is 8.23. The molecule has 0 aromatic carbocycles. The maximum absolute atomic E-state index is 5.42. The van der Waals surface area contributed by atoms with E-state index in [9.17, 15) is 0 Å². The molecule has 1 heterocycles. The minimum absolute atomic E-state index is 0.820. The molecule has 0 amide bonds. The number of thioether (sulfide) groups is 3. The molecule has 0 aromatic heterocycles. The summed E-state index contributed by atoms with van der Waals surface area (Å²) in [7, 11) is 0. The first-order valence-electron chi connectivity index (χ1n) is 5.92. The van der Waals surface area contributed by atoms with Gasteiger partial charge in [-0.3, -0.25) is 0 Å². The van der Waals surface area contributed by atoms with Crippen LogP contribution in [0, 0.1) is 0 Å². The Balaban J connectivity index is 2.11. The van der Waals surface area contributed by atoms with E-state index in [2.05, 4.69) is 42.3 Å². The molecule has 5 heteroatoms. The molecule has 0 unspecified atom stereocenters. The summed E-state index contributed by atoms with van der Waals surface area (Å²) in [6, 6.07) is 0. The van der Waals surface area contributed by atoms with E-state index in [0.717, 1.165) is 22.0 Å². The van der Waals surface area contributed by atoms with Crippen molar-refractivity contribution in [1.82, 2.24) is 4.90 Å². The molecule has 16 heavy (non-hydrogen) atoms. The van der Waals surface area contributed by atoms with Gasteiger partial charge in [0, 0.05) is 18.8 Å². The van der Waals surface area contributed by atoms with Gasteiger partial charge in [-0.15, -0.1) is 23.5 Å². The van der Waals surface area contributed by atoms with E-state index in [1.165, 1.54) is 30.1 Å². The van der Waals surface area contributed by atoms with Crippen LogP contribution in [0.5, 0.6) is 0 Å². The minimum atomic E-state index is 0.820. The van der Waals surface area contributed by atoms with Crippen LogP contribution in [-0.4, -0.2) is 44.2 Å². The normalized spacial score (nSPS) is 17.4. The molecule has 0 atom stereocenters. The van der Waals surface area contributed by atoms with E-state index in [4.69, 9.17) is 12.2 Å². The Morgan fingerprint density at radius 3 is 2.50 bits per heavy atom. The van der Waals surface area contributed by atoms with Crippen LogP contribution in [0.3, 0.4) is 0 Å². The molecule has 0 N–H and O–H groups in total. The minimum Gasteiger partial charge on any atom is -0.358 e. The highest BCUT2D eigenvalue weighted by atomic mass is 32.2. The SMILES string of the molecule is CCN(CC)C(=S)SCCC1SCCCS1. The summed E-state index contributed by atoms with van der Waals surface area (Å²) in [4.78, 5) is 2.27. The van der Waals surface area contributed by atoms with Crippen LogP contribution < -0.4 is 0 Å². The molecule has 0 radical (unpaired) electrons. The molecule has 0 saturated carbocycles. The van der Waals surface area contributed by atoms with Crippen molar-refractivity contribution in [1.29, 1.82) is 0 Å². The zero-order valence-corrected chi connectivity index (χ0v) is 13.4. The summed E-state index contributed by atoms with van der Waals surface area (Å²) < 4.78 is 1.90. The monoisotopic (exact) mass is 295 g/mol. The summed E-state index contributed by atoms with van der Waals surface area (Å²) >= 11 is 11.5. The van der Waals surface area contributed by atoms with E-state index in [0.29, 0.717) is 0 Å². The average Bonchev–Trinajstić information content (AvgIpc) is 2.32. The first-order chi connectivity index (χ1) is 7.77. The van der Waals surface area contributed by atoms with Gasteiger partial charge in [-0.2, -0.15) is 0 Å². The molecule has 1 rings (SSSR count). The first kappa shape index (κ1) is 15.0. The third-order valence-corrected chi connectivity index (χ3v) is 7.13. The van der Waals surface area contributed by atoms with Crippen molar-refractivity contribution >= 4 is 51.8 Å².